The lowest BCUT2D eigenvalue weighted by atomic mass is 9.78. The van der Waals surface area contributed by atoms with Crippen molar-refractivity contribution in [2.45, 2.75) is 51.6 Å². The van der Waals surface area contributed by atoms with E-state index in [1.807, 2.05) is 23.7 Å². The van der Waals surface area contributed by atoms with Crippen molar-refractivity contribution in [3.8, 4) is 0 Å². The number of aliphatic hydroxyl groups is 1. The highest BCUT2D eigenvalue weighted by atomic mass is 16.3. The van der Waals surface area contributed by atoms with E-state index >= 15 is 0 Å². The smallest absolute Gasteiger partial charge is 0.152 e. The quantitative estimate of drug-likeness (QED) is 0.908. The molecule has 5 nitrogen and oxygen atoms in total. The second-order valence-corrected chi connectivity index (χ2v) is 6.32. The van der Waals surface area contributed by atoms with Crippen molar-refractivity contribution < 1.29 is 5.11 Å². The molecule has 2 aromatic heterocycles. The zero-order valence-electron chi connectivity index (χ0n) is 12.8. The number of rotatable bonds is 4. The van der Waals surface area contributed by atoms with Gasteiger partial charge in [-0.1, -0.05) is 13.3 Å². The predicted octanol–water partition coefficient (Wildman–Crippen LogP) is 2.78. The highest BCUT2D eigenvalue weighted by molar-refractivity contribution is 5.67. The summed E-state index contributed by atoms with van der Waals surface area (Å²) >= 11 is 0. The van der Waals surface area contributed by atoms with Crippen molar-refractivity contribution in [1.82, 2.24) is 14.6 Å². The molecule has 0 bridgehead atoms. The molecule has 3 rings (SSSR count). The topological polar surface area (TPSA) is 62.5 Å². The Morgan fingerprint density at radius 3 is 2.90 bits per heavy atom. The van der Waals surface area contributed by atoms with Gasteiger partial charge < -0.3 is 10.4 Å². The number of hydrogen-bond donors (Lipinski definition) is 2. The second-order valence-electron chi connectivity index (χ2n) is 6.32. The molecule has 2 heterocycles. The van der Waals surface area contributed by atoms with Crippen LogP contribution >= 0.6 is 0 Å². The van der Waals surface area contributed by atoms with Crippen molar-refractivity contribution in [1.29, 1.82) is 0 Å². The van der Waals surface area contributed by atoms with Gasteiger partial charge in [0.2, 0.25) is 0 Å². The first-order valence-electron chi connectivity index (χ1n) is 7.87. The summed E-state index contributed by atoms with van der Waals surface area (Å²) in [6.07, 6.45) is 8.80. The van der Waals surface area contributed by atoms with Crippen LogP contribution in [0, 0.1) is 12.8 Å². The number of hydrogen-bond acceptors (Lipinski definition) is 4. The largest absolute Gasteiger partial charge is 0.388 e. The maximum Gasteiger partial charge on any atom is 0.152 e. The molecule has 1 aliphatic rings. The Labute approximate surface area is 125 Å². The molecule has 114 valence electrons. The summed E-state index contributed by atoms with van der Waals surface area (Å²) in [5.74, 6) is 1.58. The Kier molecular flexibility index (Phi) is 3.85. The van der Waals surface area contributed by atoms with Crippen LogP contribution < -0.4 is 5.32 Å². The maximum absolute atomic E-state index is 10.7. The monoisotopic (exact) mass is 288 g/mol. The zero-order chi connectivity index (χ0) is 14.9. The van der Waals surface area contributed by atoms with E-state index in [1.165, 1.54) is 6.42 Å². The summed E-state index contributed by atoms with van der Waals surface area (Å²) in [4.78, 5) is 4.38. The molecular formula is C16H24N4O. The number of aryl methyl sites for hydroxylation is 1. The Morgan fingerprint density at radius 1 is 1.43 bits per heavy atom. The van der Waals surface area contributed by atoms with E-state index in [0.29, 0.717) is 6.54 Å². The molecule has 2 N–H and O–H groups in total. The Hall–Kier alpha value is -1.62. The molecule has 0 saturated heterocycles. The van der Waals surface area contributed by atoms with Crippen molar-refractivity contribution in [2.24, 2.45) is 5.92 Å². The fourth-order valence-electron chi connectivity index (χ4n) is 3.23. The van der Waals surface area contributed by atoms with E-state index in [-0.39, 0.29) is 0 Å². The molecule has 1 aliphatic carbocycles. The van der Waals surface area contributed by atoms with Crippen LogP contribution in [0.3, 0.4) is 0 Å². The van der Waals surface area contributed by atoms with Gasteiger partial charge in [0, 0.05) is 18.9 Å². The molecule has 21 heavy (non-hydrogen) atoms. The Balaban J connectivity index is 1.69. The lowest BCUT2D eigenvalue weighted by Gasteiger charge is -2.36. The van der Waals surface area contributed by atoms with Crippen molar-refractivity contribution in [3.05, 3.63) is 24.2 Å². The van der Waals surface area contributed by atoms with E-state index in [9.17, 15) is 5.11 Å². The van der Waals surface area contributed by atoms with E-state index < -0.39 is 5.60 Å². The molecule has 1 saturated carbocycles. The number of aromatic nitrogens is 3. The van der Waals surface area contributed by atoms with Gasteiger partial charge in [-0.25, -0.2) is 9.50 Å². The maximum atomic E-state index is 10.7. The average molecular weight is 288 g/mol. The minimum atomic E-state index is -0.602. The minimum absolute atomic E-state index is 0.556. The first kappa shape index (κ1) is 14.3. The first-order chi connectivity index (χ1) is 10.1. The average Bonchev–Trinajstić information content (AvgIpc) is 2.87. The molecule has 5 heteroatoms. The van der Waals surface area contributed by atoms with Gasteiger partial charge in [0.05, 0.1) is 11.3 Å². The number of anilines is 1. The van der Waals surface area contributed by atoms with Gasteiger partial charge in [0.15, 0.2) is 5.82 Å². The third-order valence-electron chi connectivity index (χ3n) is 4.71. The molecule has 0 amide bonds. The van der Waals surface area contributed by atoms with Gasteiger partial charge >= 0.3 is 0 Å². The van der Waals surface area contributed by atoms with Crippen LogP contribution in [-0.4, -0.2) is 31.9 Å². The second kappa shape index (κ2) is 5.64. The highest BCUT2D eigenvalue weighted by Gasteiger charge is 2.32. The third-order valence-corrected chi connectivity index (χ3v) is 4.71. The fourth-order valence-corrected chi connectivity index (χ4v) is 3.23. The molecule has 0 radical (unpaired) electrons. The number of fused-ring (bicyclic) bond motifs is 1. The van der Waals surface area contributed by atoms with Gasteiger partial charge in [-0.15, -0.1) is 0 Å². The molecule has 0 atom stereocenters. The van der Waals surface area contributed by atoms with Crippen LogP contribution in [0.4, 0.5) is 5.82 Å². The van der Waals surface area contributed by atoms with Crippen LogP contribution in [-0.2, 0) is 0 Å². The third kappa shape index (κ3) is 3.02. The zero-order valence-corrected chi connectivity index (χ0v) is 12.8. The number of nitrogens with zero attached hydrogens (tertiary/aromatic N) is 3. The highest BCUT2D eigenvalue weighted by Crippen LogP contribution is 2.33. The van der Waals surface area contributed by atoms with Crippen LogP contribution in [0.5, 0.6) is 0 Å². The van der Waals surface area contributed by atoms with Crippen molar-refractivity contribution in [2.75, 3.05) is 11.9 Å². The molecular weight excluding hydrogens is 264 g/mol. The summed E-state index contributed by atoms with van der Waals surface area (Å²) in [6.45, 7) is 4.76. The molecule has 0 spiro atoms. The Morgan fingerprint density at radius 2 is 2.19 bits per heavy atom. The van der Waals surface area contributed by atoms with E-state index in [1.54, 1.807) is 6.20 Å². The van der Waals surface area contributed by atoms with Gasteiger partial charge in [0.1, 0.15) is 5.52 Å². The SMILES string of the molecule is CCC1CCC(O)(CNc2nccn3nc(C)cc23)CC1. The van der Waals surface area contributed by atoms with Crippen molar-refractivity contribution >= 4 is 11.3 Å². The minimum Gasteiger partial charge on any atom is -0.388 e. The first-order valence-corrected chi connectivity index (χ1v) is 7.87. The fraction of sp³-hybridized carbons (Fsp3) is 0.625. The standard InChI is InChI=1S/C16H24N4O/c1-3-13-4-6-16(21,7-5-13)11-18-15-14-10-12(2)19-20(14)9-8-17-15/h8-10,13,21H,3-7,11H2,1-2H3,(H,17,18). The van der Waals surface area contributed by atoms with Gasteiger partial charge in [0.25, 0.3) is 0 Å². The summed E-state index contributed by atoms with van der Waals surface area (Å²) in [5, 5.41) is 18.4. The van der Waals surface area contributed by atoms with Crippen molar-refractivity contribution in [3.63, 3.8) is 0 Å². The van der Waals surface area contributed by atoms with Crippen LogP contribution in [0.1, 0.15) is 44.7 Å². The molecule has 0 aromatic carbocycles. The summed E-state index contributed by atoms with van der Waals surface area (Å²) in [6, 6.07) is 2.01. The molecule has 1 fully saturated rings. The van der Waals surface area contributed by atoms with Crippen LogP contribution in [0.15, 0.2) is 18.5 Å². The molecule has 0 aliphatic heterocycles. The molecule has 0 unspecified atom stereocenters. The van der Waals surface area contributed by atoms with E-state index in [2.05, 4.69) is 22.3 Å². The van der Waals surface area contributed by atoms with Gasteiger partial charge in [-0.3, -0.25) is 0 Å². The summed E-state index contributed by atoms with van der Waals surface area (Å²) < 4.78 is 1.82. The summed E-state index contributed by atoms with van der Waals surface area (Å²) in [7, 11) is 0. The van der Waals surface area contributed by atoms with E-state index in [4.69, 9.17) is 0 Å². The van der Waals surface area contributed by atoms with Crippen LogP contribution in [0.2, 0.25) is 0 Å². The Bertz CT molecular complexity index is 614. The van der Waals surface area contributed by atoms with Gasteiger partial charge in [-0.2, -0.15) is 5.10 Å². The predicted molar refractivity (Wildman–Crippen MR) is 83.4 cm³/mol. The number of nitrogens with one attached hydrogen (secondary N) is 1. The van der Waals surface area contributed by atoms with E-state index in [0.717, 1.165) is 48.6 Å². The van der Waals surface area contributed by atoms with Gasteiger partial charge in [-0.05, 0) is 44.6 Å². The normalized spacial score (nSPS) is 26.1. The lowest BCUT2D eigenvalue weighted by molar-refractivity contribution is 0.00225. The lowest BCUT2D eigenvalue weighted by Crippen LogP contribution is -2.40. The molecule has 2 aromatic rings. The van der Waals surface area contributed by atoms with Crippen LogP contribution in [0.25, 0.3) is 5.52 Å². The summed E-state index contributed by atoms with van der Waals surface area (Å²) in [5.41, 5.74) is 1.32.